The minimum absolute atomic E-state index is 0.124. The fourth-order valence-corrected chi connectivity index (χ4v) is 4.96. The third-order valence-corrected chi connectivity index (χ3v) is 6.30. The number of benzene rings is 1. The first kappa shape index (κ1) is 19.7. The summed E-state index contributed by atoms with van der Waals surface area (Å²) in [5.41, 5.74) is 0.525. The molecule has 2 fully saturated rings. The first-order chi connectivity index (χ1) is 13.0. The first-order valence-corrected chi connectivity index (χ1v) is 9.64. The van der Waals surface area contributed by atoms with Crippen molar-refractivity contribution in [1.29, 1.82) is 0 Å². The SMILES string of the molecule is COCCC(NC(=O)C1(Cc2cccc(OC)c2)CC2CCC1C2)C(=O)O. The molecule has 0 heterocycles. The molecular weight excluding hydrogens is 346 g/mol. The Morgan fingerprint density at radius 2 is 2.15 bits per heavy atom. The van der Waals surface area contributed by atoms with Gasteiger partial charge in [0.1, 0.15) is 11.8 Å². The number of carboxylic acids is 1. The van der Waals surface area contributed by atoms with Crippen LogP contribution in [0.2, 0.25) is 0 Å². The largest absolute Gasteiger partial charge is 0.497 e. The van der Waals surface area contributed by atoms with E-state index in [0.29, 0.717) is 24.9 Å². The summed E-state index contributed by atoms with van der Waals surface area (Å²) in [7, 11) is 3.16. The van der Waals surface area contributed by atoms with E-state index >= 15 is 0 Å². The van der Waals surface area contributed by atoms with Gasteiger partial charge in [-0.3, -0.25) is 4.79 Å². The molecule has 4 atom stereocenters. The summed E-state index contributed by atoms with van der Waals surface area (Å²) < 4.78 is 10.3. The van der Waals surface area contributed by atoms with Crippen LogP contribution in [0.5, 0.6) is 5.75 Å². The number of amides is 1. The molecule has 2 bridgehead atoms. The van der Waals surface area contributed by atoms with Crippen molar-refractivity contribution in [3.8, 4) is 5.75 Å². The Kier molecular flexibility index (Phi) is 6.05. The van der Waals surface area contributed by atoms with Crippen LogP contribution in [0.3, 0.4) is 0 Å². The molecule has 1 aromatic rings. The Morgan fingerprint density at radius 3 is 2.74 bits per heavy atom. The van der Waals surface area contributed by atoms with Gasteiger partial charge in [0, 0.05) is 20.1 Å². The normalized spacial score (nSPS) is 27.3. The number of aliphatic carboxylic acids is 1. The van der Waals surface area contributed by atoms with E-state index in [0.717, 1.165) is 30.6 Å². The van der Waals surface area contributed by atoms with Crippen LogP contribution in [0.25, 0.3) is 0 Å². The third kappa shape index (κ3) is 4.10. The minimum atomic E-state index is -1.01. The van der Waals surface area contributed by atoms with Crippen molar-refractivity contribution in [3.63, 3.8) is 0 Å². The molecule has 6 nitrogen and oxygen atoms in total. The molecule has 1 amide bonds. The second kappa shape index (κ2) is 8.30. The number of nitrogens with one attached hydrogen (secondary N) is 1. The number of ether oxygens (including phenoxy) is 2. The minimum Gasteiger partial charge on any atom is -0.497 e. The zero-order chi connectivity index (χ0) is 19.4. The molecule has 3 rings (SSSR count). The smallest absolute Gasteiger partial charge is 0.326 e. The van der Waals surface area contributed by atoms with Crippen molar-refractivity contribution in [2.24, 2.45) is 17.3 Å². The Hall–Kier alpha value is -2.08. The van der Waals surface area contributed by atoms with Gasteiger partial charge >= 0.3 is 5.97 Å². The number of hydrogen-bond acceptors (Lipinski definition) is 4. The highest BCUT2D eigenvalue weighted by molar-refractivity contribution is 5.88. The fourth-order valence-electron chi connectivity index (χ4n) is 4.96. The Bertz CT molecular complexity index is 691. The highest BCUT2D eigenvalue weighted by atomic mass is 16.5. The highest BCUT2D eigenvalue weighted by Gasteiger charge is 2.55. The summed E-state index contributed by atoms with van der Waals surface area (Å²) in [4.78, 5) is 24.9. The Labute approximate surface area is 160 Å². The van der Waals surface area contributed by atoms with Crippen LogP contribution in [0, 0.1) is 17.3 Å². The molecule has 0 aliphatic heterocycles. The van der Waals surface area contributed by atoms with E-state index in [2.05, 4.69) is 5.32 Å². The van der Waals surface area contributed by atoms with Gasteiger partial charge in [-0.05, 0) is 55.2 Å². The number of fused-ring (bicyclic) bond motifs is 2. The topological polar surface area (TPSA) is 84.9 Å². The quantitative estimate of drug-likeness (QED) is 0.693. The van der Waals surface area contributed by atoms with Crippen LogP contribution >= 0.6 is 0 Å². The van der Waals surface area contributed by atoms with Gasteiger partial charge in [0.15, 0.2) is 0 Å². The van der Waals surface area contributed by atoms with Crippen LogP contribution < -0.4 is 10.1 Å². The third-order valence-electron chi connectivity index (χ3n) is 6.30. The summed E-state index contributed by atoms with van der Waals surface area (Å²) in [5, 5.41) is 12.3. The lowest BCUT2D eigenvalue weighted by Crippen LogP contribution is -2.51. The zero-order valence-electron chi connectivity index (χ0n) is 16.1. The number of hydrogen-bond donors (Lipinski definition) is 2. The molecule has 1 aromatic carbocycles. The molecule has 6 heteroatoms. The van der Waals surface area contributed by atoms with Crippen LogP contribution in [0.4, 0.5) is 0 Å². The summed E-state index contributed by atoms with van der Waals surface area (Å²) in [6.45, 7) is 0.298. The van der Waals surface area contributed by atoms with E-state index in [-0.39, 0.29) is 12.3 Å². The molecule has 2 aliphatic rings. The number of carboxylic acid groups (broad SMARTS) is 1. The van der Waals surface area contributed by atoms with E-state index in [1.165, 1.54) is 13.5 Å². The molecule has 2 aliphatic carbocycles. The predicted octanol–water partition coefficient (Wildman–Crippen LogP) is 2.65. The summed E-state index contributed by atoms with van der Waals surface area (Å²) in [6, 6.07) is 6.90. The molecule has 2 saturated carbocycles. The average Bonchev–Trinajstić information content (AvgIpc) is 3.26. The number of rotatable bonds is 9. The number of carbonyl (C=O) groups is 2. The van der Waals surface area contributed by atoms with Gasteiger partial charge in [-0.15, -0.1) is 0 Å². The molecule has 0 spiro atoms. The lowest BCUT2D eigenvalue weighted by molar-refractivity contribution is -0.145. The molecule has 148 valence electrons. The monoisotopic (exact) mass is 375 g/mol. The van der Waals surface area contributed by atoms with Crippen molar-refractivity contribution < 1.29 is 24.2 Å². The van der Waals surface area contributed by atoms with Crippen molar-refractivity contribution >= 4 is 11.9 Å². The molecule has 0 saturated heterocycles. The average molecular weight is 375 g/mol. The number of carbonyl (C=O) groups excluding carboxylic acids is 1. The molecule has 0 radical (unpaired) electrons. The maximum atomic E-state index is 13.3. The predicted molar refractivity (Wildman–Crippen MR) is 101 cm³/mol. The Balaban J connectivity index is 1.82. The fraction of sp³-hybridized carbons (Fsp3) is 0.619. The molecular formula is C21H29NO5. The van der Waals surface area contributed by atoms with Crippen molar-refractivity contribution in [1.82, 2.24) is 5.32 Å². The van der Waals surface area contributed by atoms with Crippen molar-refractivity contribution in [2.75, 3.05) is 20.8 Å². The lowest BCUT2D eigenvalue weighted by atomic mass is 9.68. The van der Waals surface area contributed by atoms with E-state index in [9.17, 15) is 14.7 Å². The van der Waals surface area contributed by atoms with Gasteiger partial charge in [0.25, 0.3) is 0 Å². The first-order valence-electron chi connectivity index (χ1n) is 9.64. The van der Waals surface area contributed by atoms with Crippen molar-refractivity contribution in [2.45, 2.75) is 44.6 Å². The Morgan fingerprint density at radius 1 is 1.33 bits per heavy atom. The van der Waals surface area contributed by atoms with Gasteiger partial charge in [-0.2, -0.15) is 0 Å². The second-order valence-corrected chi connectivity index (χ2v) is 7.91. The molecule has 0 aromatic heterocycles. The number of methoxy groups -OCH3 is 2. The van der Waals surface area contributed by atoms with Crippen LogP contribution in [-0.4, -0.2) is 43.9 Å². The highest BCUT2D eigenvalue weighted by Crippen LogP contribution is 2.57. The van der Waals surface area contributed by atoms with Gasteiger partial charge in [-0.1, -0.05) is 18.6 Å². The molecule has 27 heavy (non-hydrogen) atoms. The standard InChI is InChI=1S/C21H29NO5/c1-26-9-8-18(19(23)24)22-20(25)21(13-15-6-7-16(21)10-15)12-14-4-3-5-17(11-14)27-2/h3-5,11,15-16,18H,6-10,12-13H2,1-2H3,(H,22,25)(H,23,24). The summed E-state index contributed by atoms with van der Waals surface area (Å²) in [6.07, 6.45) is 4.99. The van der Waals surface area contributed by atoms with Gasteiger partial charge in [-0.25, -0.2) is 4.79 Å². The maximum Gasteiger partial charge on any atom is 0.326 e. The van der Waals surface area contributed by atoms with Gasteiger partial charge in [0.2, 0.25) is 5.91 Å². The van der Waals surface area contributed by atoms with Crippen LogP contribution in [-0.2, 0) is 20.7 Å². The summed E-state index contributed by atoms with van der Waals surface area (Å²) in [5.74, 6) is 0.509. The molecule has 2 N–H and O–H groups in total. The molecule has 4 unspecified atom stereocenters. The summed E-state index contributed by atoms with van der Waals surface area (Å²) >= 11 is 0. The van der Waals surface area contributed by atoms with E-state index in [1.54, 1.807) is 7.11 Å². The van der Waals surface area contributed by atoms with Gasteiger partial charge < -0.3 is 19.9 Å². The maximum absolute atomic E-state index is 13.3. The van der Waals surface area contributed by atoms with E-state index < -0.39 is 17.4 Å². The van der Waals surface area contributed by atoms with Crippen LogP contribution in [0.1, 0.15) is 37.7 Å². The van der Waals surface area contributed by atoms with Crippen LogP contribution in [0.15, 0.2) is 24.3 Å². The lowest BCUT2D eigenvalue weighted by Gasteiger charge is -2.37. The van der Waals surface area contributed by atoms with E-state index in [4.69, 9.17) is 9.47 Å². The second-order valence-electron chi connectivity index (χ2n) is 7.91. The van der Waals surface area contributed by atoms with Crippen molar-refractivity contribution in [3.05, 3.63) is 29.8 Å². The van der Waals surface area contributed by atoms with E-state index in [1.807, 2.05) is 24.3 Å². The zero-order valence-corrected chi connectivity index (χ0v) is 16.1. The van der Waals surface area contributed by atoms with Gasteiger partial charge in [0.05, 0.1) is 12.5 Å².